The second kappa shape index (κ2) is 5.76. The highest BCUT2D eigenvalue weighted by Gasteiger charge is 2.38. The Balaban J connectivity index is 4.56. The van der Waals surface area contributed by atoms with Crippen LogP contribution in [0, 0.1) is 0 Å². The van der Waals surface area contributed by atoms with Crippen molar-refractivity contribution in [1.29, 1.82) is 0 Å². The normalized spacial score (nSPS) is 16.7. The van der Waals surface area contributed by atoms with Crippen molar-refractivity contribution in [1.82, 2.24) is 0 Å². The summed E-state index contributed by atoms with van der Waals surface area (Å²) in [6, 6.07) is 0. The highest BCUT2D eigenvalue weighted by atomic mass is 35.6. The Bertz CT molecular complexity index is 231. The fourth-order valence-electron chi connectivity index (χ4n) is 1.08. The third-order valence-corrected chi connectivity index (χ3v) is 8.82. The number of hydrogen-bond acceptors (Lipinski definition) is 2. The second-order valence-corrected chi connectivity index (χ2v) is 13.6. The van der Waals surface area contributed by atoms with E-state index in [4.69, 9.17) is 11.1 Å². The molecule has 0 rings (SSSR count). The average molecular weight is 267 g/mol. The van der Waals surface area contributed by atoms with Crippen molar-refractivity contribution in [3.05, 3.63) is 11.0 Å². The minimum Gasteiger partial charge on any atom is -0.382 e. The molecule has 0 aromatic rings. The van der Waals surface area contributed by atoms with Gasteiger partial charge in [0.05, 0.1) is 0 Å². The van der Waals surface area contributed by atoms with Crippen LogP contribution in [0.3, 0.4) is 0 Å². The van der Waals surface area contributed by atoms with Crippen LogP contribution in [0.2, 0.25) is 18.1 Å². The Morgan fingerprint density at radius 2 is 2.00 bits per heavy atom. The van der Waals surface area contributed by atoms with E-state index in [1.165, 1.54) is 16.7 Å². The van der Waals surface area contributed by atoms with Crippen LogP contribution < -0.4 is 0 Å². The minimum atomic E-state index is -1.68. The van der Waals surface area contributed by atoms with Crippen molar-refractivity contribution in [2.45, 2.75) is 57.7 Å². The summed E-state index contributed by atoms with van der Waals surface area (Å²) in [7, 11) is -1.68. The Kier molecular flexibility index (Phi) is 5.97. The van der Waals surface area contributed by atoms with E-state index in [2.05, 4.69) is 33.0 Å². The SMILES string of the molecule is C/C=C(/CC(C)(C)[Si](C)(C)Cl)SC(C)O. The first-order chi connectivity index (χ1) is 6.60. The van der Waals surface area contributed by atoms with Gasteiger partial charge < -0.3 is 5.11 Å². The summed E-state index contributed by atoms with van der Waals surface area (Å²) in [6.07, 6.45) is 3.04. The Morgan fingerprint density at radius 1 is 1.53 bits per heavy atom. The summed E-state index contributed by atoms with van der Waals surface area (Å²) in [5.41, 5.74) is -0.341. The number of hydrogen-bond donors (Lipinski definition) is 1. The zero-order valence-corrected chi connectivity index (χ0v) is 13.2. The Hall–Kier alpha value is 0.557. The molecule has 0 heterocycles. The second-order valence-electron chi connectivity index (χ2n) is 5.01. The molecule has 1 atom stereocenters. The molecule has 0 saturated carbocycles. The summed E-state index contributed by atoms with van der Waals surface area (Å²) >= 11 is 8.03. The average Bonchev–Trinajstić information content (AvgIpc) is 1.99. The van der Waals surface area contributed by atoms with E-state index in [9.17, 15) is 5.11 Å². The van der Waals surface area contributed by atoms with E-state index in [1.807, 2.05) is 6.92 Å². The highest BCUT2D eigenvalue weighted by Crippen LogP contribution is 2.47. The molecule has 90 valence electrons. The summed E-state index contributed by atoms with van der Waals surface area (Å²) in [6.45, 7) is 12.6. The predicted octanol–water partition coefficient (Wildman–Crippen LogP) is 4.58. The van der Waals surface area contributed by atoms with Gasteiger partial charge in [0, 0.05) is 0 Å². The summed E-state index contributed by atoms with van der Waals surface area (Å²) < 4.78 is 0. The summed E-state index contributed by atoms with van der Waals surface area (Å²) in [4.78, 5) is 1.23. The Morgan fingerprint density at radius 3 is 2.27 bits per heavy atom. The third-order valence-electron chi connectivity index (χ3n) is 2.87. The first-order valence-corrected chi connectivity index (χ1v) is 10.2. The monoisotopic (exact) mass is 266 g/mol. The molecular weight excluding hydrogens is 244 g/mol. The van der Waals surface area contributed by atoms with Crippen LogP contribution in [-0.4, -0.2) is 17.9 Å². The van der Waals surface area contributed by atoms with E-state index >= 15 is 0 Å². The van der Waals surface area contributed by atoms with Gasteiger partial charge in [-0.25, -0.2) is 0 Å². The highest BCUT2D eigenvalue weighted by molar-refractivity contribution is 8.03. The summed E-state index contributed by atoms with van der Waals surface area (Å²) in [5, 5.41) is 9.51. The van der Waals surface area contributed by atoms with Gasteiger partial charge in [-0.15, -0.1) is 0 Å². The molecule has 0 aliphatic heterocycles. The molecule has 0 aliphatic carbocycles. The topological polar surface area (TPSA) is 20.2 Å². The first kappa shape index (κ1) is 15.6. The first-order valence-electron chi connectivity index (χ1n) is 5.29. The van der Waals surface area contributed by atoms with E-state index in [0.29, 0.717) is 0 Å². The molecular formula is C11H23ClOSSi. The number of halogens is 1. The van der Waals surface area contributed by atoms with Crippen LogP contribution in [0.5, 0.6) is 0 Å². The van der Waals surface area contributed by atoms with Crippen molar-refractivity contribution < 1.29 is 5.11 Å². The van der Waals surface area contributed by atoms with Crippen molar-refractivity contribution in [2.24, 2.45) is 0 Å². The van der Waals surface area contributed by atoms with E-state index in [1.54, 1.807) is 6.92 Å². The number of aliphatic hydroxyl groups is 1. The fraction of sp³-hybridized carbons (Fsp3) is 0.818. The molecule has 0 amide bonds. The van der Waals surface area contributed by atoms with Gasteiger partial charge in [-0.1, -0.05) is 44.8 Å². The maximum atomic E-state index is 9.35. The van der Waals surface area contributed by atoms with E-state index < -0.39 is 7.38 Å². The van der Waals surface area contributed by atoms with Crippen LogP contribution >= 0.6 is 22.8 Å². The molecule has 1 nitrogen and oxygen atoms in total. The molecule has 0 spiro atoms. The molecule has 0 fully saturated rings. The van der Waals surface area contributed by atoms with Crippen molar-refractivity contribution in [3.63, 3.8) is 0 Å². The van der Waals surface area contributed by atoms with Gasteiger partial charge in [-0.05, 0) is 30.2 Å². The number of thioether (sulfide) groups is 1. The third kappa shape index (κ3) is 5.43. The quantitative estimate of drug-likeness (QED) is 0.447. The van der Waals surface area contributed by atoms with Gasteiger partial charge in [-0.3, -0.25) is 0 Å². The summed E-state index contributed by atoms with van der Waals surface area (Å²) in [5.74, 6) is 0. The molecule has 15 heavy (non-hydrogen) atoms. The van der Waals surface area contributed by atoms with Gasteiger partial charge in [0.1, 0.15) is 5.44 Å². The maximum absolute atomic E-state index is 9.35. The van der Waals surface area contributed by atoms with E-state index in [0.717, 1.165) is 6.42 Å². The zero-order chi connectivity index (χ0) is 12.3. The lowest BCUT2D eigenvalue weighted by molar-refractivity contribution is 0.284. The fourth-order valence-corrected chi connectivity index (χ4v) is 3.03. The maximum Gasteiger partial charge on any atom is 0.156 e. The predicted molar refractivity (Wildman–Crippen MR) is 75.0 cm³/mol. The number of rotatable bonds is 5. The lowest BCUT2D eigenvalue weighted by atomic mass is 10.1. The van der Waals surface area contributed by atoms with Crippen LogP contribution in [-0.2, 0) is 0 Å². The van der Waals surface area contributed by atoms with Crippen LogP contribution in [0.25, 0.3) is 0 Å². The largest absolute Gasteiger partial charge is 0.382 e. The van der Waals surface area contributed by atoms with Crippen molar-refractivity contribution in [3.8, 4) is 0 Å². The van der Waals surface area contributed by atoms with Crippen LogP contribution in [0.1, 0.15) is 34.1 Å². The van der Waals surface area contributed by atoms with E-state index in [-0.39, 0.29) is 10.5 Å². The van der Waals surface area contributed by atoms with Gasteiger partial charge in [0.25, 0.3) is 0 Å². The van der Waals surface area contributed by atoms with Crippen LogP contribution in [0.4, 0.5) is 0 Å². The molecule has 0 saturated heterocycles. The molecule has 1 unspecified atom stereocenters. The number of allylic oxidation sites excluding steroid dienone is 2. The standard InChI is InChI=1S/C11H23ClOSSi/c1-7-10(14-9(2)13)8-11(3,4)15(5,6)12/h7,9,13H,8H2,1-6H3/b10-7-. The van der Waals surface area contributed by atoms with Crippen LogP contribution in [0.15, 0.2) is 11.0 Å². The molecule has 1 N–H and O–H groups in total. The van der Waals surface area contributed by atoms with Gasteiger partial charge in [0.15, 0.2) is 7.38 Å². The van der Waals surface area contributed by atoms with Crippen molar-refractivity contribution in [2.75, 3.05) is 0 Å². The molecule has 0 aliphatic rings. The zero-order valence-electron chi connectivity index (χ0n) is 10.6. The van der Waals surface area contributed by atoms with Gasteiger partial charge in [0.2, 0.25) is 0 Å². The molecule has 0 aromatic heterocycles. The van der Waals surface area contributed by atoms with Gasteiger partial charge in [-0.2, -0.15) is 11.1 Å². The molecule has 4 heteroatoms. The molecule has 0 bridgehead atoms. The molecule has 0 aromatic carbocycles. The smallest absolute Gasteiger partial charge is 0.156 e. The molecule has 0 radical (unpaired) electrons. The lowest BCUT2D eigenvalue weighted by Gasteiger charge is -2.35. The van der Waals surface area contributed by atoms with Crippen molar-refractivity contribution >= 4 is 30.2 Å². The van der Waals surface area contributed by atoms with Gasteiger partial charge >= 0.3 is 0 Å². The Labute approximate surface area is 104 Å². The number of aliphatic hydroxyl groups excluding tert-OH is 1. The minimum absolute atomic E-state index is 0.151. The lowest BCUT2D eigenvalue weighted by Crippen LogP contribution is -2.33.